The first kappa shape index (κ1) is 34.5. The molecule has 3 aromatic rings. The van der Waals surface area contributed by atoms with E-state index in [1.807, 2.05) is 36.4 Å². The second kappa shape index (κ2) is 18.6. The number of ether oxygens (including phenoxy) is 5. The molecule has 1 aliphatic heterocycles. The summed E-state index contributed by atoms with van der Waals surface area (Å²) in [6.07, 6.45) is -1.57. The number of aliphatic hydroxyl groups is 4. The van der Waals surface area contributed by atoms with E-state index in [0.717, 1.165) is 23.5 Å². The molecule has 1 aliphatic rings. The predicted octanol–water partition coefficient (Wildman–Crippen LogP) is 2.64. The Kier molecular flexibility index (Phi) is 14.3. The summed E-state index contributed by atoms with van der Waals surface area (Å²) in [6.45, 7) is 4.11. The third kappa shape index (κ3) is 10.9. The van der Waals surface area contributed by atoms with Gasteiger partial charge in [0, 0.05) is 0 Å². The molecule has 1 aromatic heterocycles. The number of aromatic nitrogens is 3. The number of hydrogen-bond acceptors (Lipinski definition) is 13. The van der Waals surface area contributed by atoms with Crippen LogP contribution >= 0.6 is 0 Å². The van der Waals surface area contributed by atoms with Crippen molar-refractivity contribution in [2.75, 3.05) is 46.2 Å². The predicted molar refractivity (Wildman–Crippen MR) is 161 cm³/mol. The molecule has 0 spiro atoms. The second-order valence-electron chi connectivity index (χ2n) is 10.5. The van der Waals surface area contributed by atoms with Gasteiger partial charge >= 0.3 is 0 Å². The van der Waals surface area contributed by atoms with Crippen LogP contribution in [0.2, 0.25) is 0 Å². The van der Waals surface area contributed by atoms with Crippen molar-refractivity contribution in [3.63, 3.8) is 0 Å². The van der Waals surface area contributed by atoms with Crippen molar-refractivity contribution in [3.05, 3.63) is 66.0 Å². The number of nitrogens with zero attached hydrogens (tertiary/aromatic N) is 5. The molecule has 246 valence electrons. The highest BCUT2D eigenvalue weighted by molar-refractivity contribution is 5.43. The van der Waals surface area contributed by atoms with Crippen molar-refractivity contribution in [1.29, 1.82) is 0 Å². The number of hydrogen-bond donors (Lipinski definition) is 4. The zero-order valence-corrected chi connectivity index (χ0v) is 25.4. The molecule has 0 amide bonds. The summed E-state index contributed by atoms with van der Waals surface area (Å²) >= 11 is 0. The van der Waals surface area contributed by atoms with Crippen LogP contribution in [0, 0.1) is 0 Å². The molecular formula is C31H43N5O9. The first-order chi connectivity index (χ1) is 22.0. The maximum absolute atomic E-state index is 10.2. The minimum atomic E-state index is -1.50. The molecule has 14 nitrogen and oxygen atoms in total. The van der Waals surface area contributed by atoms with Gasteiger partial charge in [-0.05, 0) is 54.8 Å². The number of benzene rings is 2. The quantitative estimate of drug-likeness (QED) is 0.113. The minimum Gasteiger partial charge on any atom is -0.491 e. The number of unbranched alkanes of at least 4 members (excludes halogenated alkanes) is 1. The van der Waals surface area contributed by atoms with E-state index in [1.165, 1.54) is 29.3 Å². The Labute approximate surface area is 262 Å². The van der Waals surface area contributed by atoms with Gasteiger partial charge in [0.2, 0.25) is 0 Å². The van der Waals surface area contributed by atoms with Crippen molar-refractivity contribution in [3.8, 4) is 5.75 Å². The van der Waals surface area contributed by atoms with E-state index in [1.54, 1.807) is 0 Å². The molecule has 0 aliphatic carbocycles. The van der Waals surface area contributed by atoms with E-state index in [2.05, 4.69) is 39.6 Å². The SMILES string of the molecule is CCCCc1ccc(N=Nc2ccc(OCCOCCOCCOCc3cn([C@@H]4O[C@H](CO)[C@H](O)[C@H](O)[C@H]4O)nn3)cc2)cc1. The summed E-state index contributed by atoms with van der Waals surface area (Å²) < 4.78 is 29.0. The lowest BCUT2D eigenvalue weighted by atomic mass is 9.98. The van der Waals surface area contributed by atoms with Crippen molar-refractivity contribution >= 4 is 11.4 Å². The lowest BCUT2D eigenvalue weighted by molar-refractivity contribution is -0.254. The highest BCUT2D eigenvalue weighted by Gasteiger charge is 2.44. The topological polar surface area (TPSA) is 182 Å². The first-order valence-electron chi connectivity index (χ1n) is 15.2. The summed E-state index contributed by atoms with van der Waals surface area (Å²) in [5, 5.41) is 55.8. The van der Waals surface area contributed by atoms with Gasteiger partial charge in [0.1, 0.15) is 42.5 Å². The van der Waals surface area contributed by atoms with Crippen LogP contribution in [-0.2, 0) is 32.0 Å². The third-order valence-electron chi connectivity index (χ3n) is 7.05. The normalized spacial score (nSPS) is 21.8. The van der Waals surface area contributed by atoms with Crippen LogP contribution in [0.4, 0.5) is 11.4 Å². The van der Waals surface area contributed by atoms with Gasteiger partial charge < -0.3 is 44.1 Å². The Morgan fingerprint density at radius 3 is 2.07 bits per heavy atom. The standard InChI is InChI=1S/C31H43N5O9/c1-2-3-4-22-5-7-23(8-6-22)32-33-24-9-11-26(12-10-24)44-18-17-42-14-13-41-15-16-43-21-25-19-36(35-34-25)31-30(40)29(39)28(38)27(20-37)45-31/h5-12,19,27-31,37-40H,2-4,13-18,20-21H2,1H3/t27-,28+,29+,30-,31-/m1/s1. The molecule has 45 heavy (non-hydrogen) atoms. The van der Waals surface area contributed by atoms with E-state index < -0.39 is 37.3 Å². The summed E-state index contributed by atoms with van der Waals surface area (Å²) in [4.78, 5) is 0. The number of rotatable bonds is 19. The van der Waals surface area contributed by atoms with E-state index >= 15 is 0 Å². The molecule has 5 atom stereocenters. The summed E-state index contributed by atoms with van der Waals surface area (Å²) in [5.74, 6) is 0.722. The van der Waals surface area contributed by atoms with Crippen molar-refractivity contribution in [2.24, 2.45) is 10.2 Å². The Morgan fingerprint density at radius 2 is 1.42 bits per heavy atom. The van der Waals surface area contributed by atoms with E-state index in [4.69, 9.17) is 23.7 Å². The molecule has 2 aromatic carbocycles. The van der Waals surface area contributed by atoms with Gasteiger partial charge in [0.05, 0.1) is 63.8 Å². The maximum atomic E-state index is 10.2. The zero-order chi connectivity index (χ0) is 31.9. The molecule has 0 radical (unpaired) electrons. The fraction of sp³-hybridized carbons (Fsp3) is 0.548. The second-order valence-corrected chi connectivity index (χ2v) is 10.5. The summed E-state index contributed by atoms with van der Waals surface area (Å²) in [6, 6.07) is 15.6. The van der Waals surface area contributed by atoms with Gasteiger partial charge in [-0.25, -0.2) is 4.68 Å². The van der Waals surface area contributed by atoms with Crippen molar-refractivity contribution < 1.29 is 44.1 Å². The minimum absolute atomic E-state index is 0.144. The average Bonchev–Trinajstić information content (AvgIpc) is 3.54. The molecule has 14 heteroatoms. The van der Waals surface area contributed by atoms with Gasteiger partial charge in [-0.2, -0.15) is 10.2 Å². The van der Waals surface area contributed by atoms with Crippen molar-refractivity contribution in [2.45, 2.75) is 63.4 Å². The van der Waals surface area contributed by atoms with E-state index in [9.17, 15) is 20.4 Å². The molecule has 1 fully saturated rings. The number of azo groups is 1. The average molecular weight is 630 g/mol. The molecule has 0 saturated carbocycles. The fourth-order valence-electron chi connectivity index (χ4n) is 4.47. The van der Waals surface area contributed by atoms with Crippen LogP contribution in [0.1, 0.15) is 37.3 Å². The van der Waals surface area contributed by atoms with Gasteiger partial charge in [-0.3, -0.25) is 0 Å². The van der Waals surface area contributed by atoms with Crippen molar-refractivity contribution in [1.82, 2.24) is 15.0 Å². The van der Waals surface area contributed by atoms with Gasteiger partial charge in [0.25, 0.3) is 0 Å². The van der Waals surface area contributed by atoms with E-state index in [-0.39, 0.29) is 6.61 Å². The monoisotopic (exact) mass is 629 g/mol. The van der Waals surface area contributed by atoms with Crippen LogP contribution < -0.4 is 4.74 Å². The molecular weight excluding hydrogens is 586 g/mol. The first-order valence-corrected chi connectivity index (χ1v) is 15.2. The number of aliphatic hydroxyl groups excluding tert-OH is 4. The Morgan fingerprint density at radius 1 is 0.800 bits per heavy atom. The lowest BCUT2D eigenvalue weighted by Gasteiger charge is -2.39. The molecule has 1 saturated heterocycles. The third-order valence-corrected chi connectivity index (χ3v) is 7.05. The van der Waals surface area contributed by atoms with Crippen LogP contribution in [0.5, 0.6) is 5.75 Å². The van der Waals surface area contributed by atoms with Gasteiger partial charge in [-0.15, -0.1) is 5.10 Å². The van der Waals surface area contributed by atoms with Crippen LogP contribution in [0.15, 0.2) is 65.0 Å². The summed E-state index contributed by atoms with van der Waals surface area (Å²) in [7, 11) is 0. The molecule has 4 rings (SSSR count). The molecule has 4 N–H and O–H groups in total. The molecule has 0 bridgehead atoms. The van der Waals surface area contributed by atoms with Gasteiger partial charge in [0.15, 0.2) is 6.23 Å². The van der Waals surface area contributed by atoms with Gasteiger partial charge in [-0.1, -0.05) is 30.7 Å². The zero-order valence-electron chi connectivity index (χ0n) is 25.4. The van der Waals surface area contributed by atoms with Crippen LogP contribution in [-0.4, -0.2) is 106 Å². The highest BCUT2D eigenvalue weighted by Crippen LogP contribution is 2.28. The highest BCUT2D eigenvalue weighted by atomic mass is 16.6. The Bertz CT molecular complexity index is 1270. The lowest BCUT2D eigenvalue weighted by Crippen LogP contribution is -2.56. The fourth-order valence-corrected chi connectivity index (χ4v) is 4.47. The molecule has 2 heterocycles. The maximum Gasteiger partial charge on any atom is 0.180 e. The van der Waals surface area contributed by atoms with Crippen LogP contribution in [0.3, 0.4) is 0 Å². The van der Waals surface area contributed by atoms with E-state index in [0.29, 0.717) is 45.3 Å². The molecule has 0 unspecified atom stereocenters. The summed E-state index contributed by atoms with van der Waals surface area (Å²) in [5.41, 5.74) is 3.35. The largest absolute Gasteiger partial charge is 0.491 e. The number of aryl methyl sites for hydroxylation is 1. The Balaban J connectivity index is 1.01. The Hall–Kier alpha value is -3.34. The van der Waals surface area contributed by atoms with Crippen LogP contribution in [0.25, 0.3) is 0 Å². The smallest absolute Gasteiger partial charge is 0.180 e.